The van der Waals surface area contributed by atoms with Crippen molar-refractivity contribution in [2.24, 2.45) is 5.16 Å². The van der Waals surface area contributed by atoms with Crippen molar-refractivity contribution in [2.75, 3.05) is 13.2 Å². The van der Waals surface area contributed by atoms with Crippen molar-refractivity contribution in [1.29, 1.82) is 0 Å². The van der Waals surface area contributed by atoms with Crippen LogP contribution < -0.4 is 4.74 Å². The van der Waals surface area contributed by atoms with Crippen molar-refractivity contribution in [3.8, 4) is 25.5 Å². The third kappa shape index (κ3) is 2.90. The molecule has 3 aromatic rings. The Morgan fingerprint density at radius 3 is 3.08 bits per heavy atom. The third-order valence-corrected chi connectivity index (χ3v) is 5.55. The van der Waals surface area contributed by atoms with E-state index in [-0.39, 0.29) is 0 Å². The topological polar surface area (TPSA) is 69.5 Å². The van der Waals surface area contributed by atoms with E-state index < -0.39 is 0 Å². The second-order valence-corrected chi connectivity index (χ2v) is 6.97. The first kappa shape index (κ1) is 15.2. The SMILES string of the molecule is CCON=C1CCOc2sc(-c3cnc(-c4cccnc4)s3)nc21. The Morgan fingerprint density at radius 1 is 1.29 bits per heavy atom. The maximum Gasteiger partial charge on any atom is 0.204 e. The Bertz CT molecular complexity index is 873. The number of oxime groups is 1. The van der Waals surface area contributed by atoms with E-state index in [9.17, 15) is 0 Å². The summed E-state index contributed by atoms with van der Waals surface area (Å²) in [6.07, 6.45) is 6.12. The number of rotatable bonds is 4. The Kier molecular flexibility index (Phi) is 4.22. The molecule has 0 amide bonds. The molecular formula is C16H14N4O2S2. The fourth-order valence-electron chi connectivity index (χ4n) is 2.28. The number of hydrogen-bond donors (Lipinski definition) is 0. The van der Waals surface area contributed by atoms with Gasteiger partial charge in [0.15, 0.2) is 0 Å². The average Bonchev–Trinajstić information content (AvgIpc) is 3.27. The molecule has 1 aliphatic heterocycles. The zero-order valence-electron chi connectivity index (χ0n) is 12.9. The summed E-state index contributed by atoms with van der Waals surface area (Å²) in [7, 11) is 0. The lowest BCUT2D eigenvalue weighted by Gasteiger charge is -2.12. The van der Waals surface area contributed by atoms with Gasteiger partial charge in [-0.2, -0.15) is 0 Å². The van der Waals surface area contributed by atoms with Crippen LogP contribution in [-0.2, 0) is 4.84 Å². The minimum absolute atomic E-state index is 0.542. The Balaban J connectivity index is 1.67. The molecule has 24 heavy (non-hydrogen) atoms. The van der Waals surface area contributed by atoms with Gasteiger partial charge in [-0.15, -0.1) is 11.3 Å². The number of pyridine rings is 1. The first-order valence-corrected chi connectivity index (χ1v) is 9.18. The first-order valence-electron chi connectivity index (χ1n) is 7.54. The lowest BCUT2D eigenvalue weighted by Crippen LogP contribution is -2.15. The van der Waals surface area contributed by atoms with Gasteiger partial charge in [-0.05, 0) is 19.1 Å². The second kappa shape index (κ2) is 6.66. The van der Waals surface area contributed by atoms with Gasteiger partial charge in [0.25, 0.3) is 0 Å². The Labute approximate surface area is 146 Å². The molecule has 6 nitrogen and oxygen atoms in total. The Hall–Kier alpha value is -2.32. The monoisotopic (exact) mass is 358 g/mol. The highest BCUT2D eigenvalue weighted by molar-refractivity contribution is 7.24. The van der Waals surface area contributed by atoms with Gasteiger partial charge in [0.1, 0.15) is 28.0 Å². The van der Waals surface area contributed by atoms with Crippen LogP contribution in [0.2, 0.25) is 0 Å². The maximum absolute atomic E-state index is 5.72. The molecule has 3 aromatic heterocycles. The molecule has 0 saturated heterocycles. The van der Waals surface area contributed by atoms with Crippen molar-refractivity contribution in [3.05, 3.63) is 36.4 Å². The molecule has 0 atom stereocenters. The van der Waals surface area contributed by atoms with Gasteiger partial charge >= 0.3 is 0 Å². The molecule has 0 aromatic carbocycles. The molecule has 0 fully saturated rings. The number of nitrogens with zero attached hydrogens (tertiary/aromatic N) is 4. The van der Waals surface area contributed by atoms with Crippen LogP contribution in [0.5, 0.6) is 5.06 Å². The average molecular weight is 358 g/mol. The van der Waals surface area contributed by atoms with Crippen LogP contribution in [0.1, 0.15) is 19.0 Å². The van der Waals surface area contributed by atoms with Gasteiger partial charge in [0.2, 0.25) is 5.06 Å². The molecule has 0 unspecified atom stereocenters. The summed E-state index contributed by atoms with van der Waals surface area (Å²) in [4.78, 5) is 19.5. The molecule has 0 aliphatic carbocycles. The van der Waals surface area contributed by atoms with Crippen molar-refractivity contribution < 1.29 is 9.57 Å². The predicted octanol–water partition coefficient (Wildman–Crippen LogP) is 3.85. The van der Waals surface area contributed by atoms with E-state index in [0.717, 1.165) is 36.9 Å². The fraction of sp³-hybridized carbons (Fsp3) is 0.250. The fourth-order valence-corrected chi connectivity index (χ4v) is 4.19. The number of fused-ring (bicyclic) bond motifs is 1. The van der Waals surface area contributed by atoms with Gasteiger partial charge in [-0.1, -0.05) is 16.5 Å². The maximum atomic E-state index is 5.72. The van der Waals surface area contributed by atoms with E-state index in [1.165, 1.54) is 11.3 Å². The van der Waals surface area contributed by atoms with Crippen LogP contribution in [0.15, 0.2) is 35.9 Å². The highest BCUT2D eigenvalue weighted by Crippen LogP contribution is 2.40. The highest BCUT2D eigenvalue weighted by Gasteiger charge is 2.24. The number of hydrogen-bond acceptors (Lipinski definition) is 8. The summed E-state index contributed by atoms with van der Waals surface area (Å²) in [5.41, 5.74) is 2.63. The lowest BCUT2D eigenvalue weighted by atomic mass is 10.2. The van der Waals surface area contributed by atoms with E-state index in [1.807, 2.05) is 31.5 Å². The molecule has 0 radical (unpaired) electrons. The Morgan fingerprint density at radius 2 is 2.25 bits per heavy atom. The molecule has 4 rings (SSSR count). The summed E-state index contributed by atoms with van der Waals surface area (Å²) in [6.45, 7) is 3.05. The molecule has 0 spiro atoms. The van der Waals surface area contributed by atoms with Crippen LogP contribution >= 0.6 is 22.7 Å². The molecule has 1 aliphatic rings. The standard InChI is InChI=1S/C16H14N4O2S2/c1-2-22-20-11-5-7-21-16-13(11)19-15(24-16)12-9-18-14(23-12)10-4-3-6-17-8-10/h3-4,6,8-9H,2,5,7H2,1H3. The smallest absolute Gasteiger partial charge is 0.204 e. The van der Waals surface area contributed by atoms with Crippen LogP contribution in [0.25, 0.3) is 20.5 Å². The normalized spacial score (nSPS) is 15.1. The van der Waals surface area contributed by atoms with Gasteiger partial charge in [0, 0.05) is 30.6 Å². The number of aromatic nitrogens is 3. The van der Waals surface area contributed by atoms with E-state index in [2.05, 4.69) is 15.1 Å². The van der Waals surface area contributed by atoms with Gasteiger partial charge in [0.05, 0.1) is 11.5 Å². The summed E-state index contributed by atoms with van der Waals surface area (Å²) in [5.74, 6) is 0. The molecule has 122 valence electrons. The summed E-state index contributed by atoms with van der Waals surface area (Å²) in [5, 5.41) is 6.77. The van der Waals surface area contributed by atoms with Crippen LogP contribution in [0.3, 0.4) is 0 Å². The number of ether oxygens (including phenoxy) is 1. The molecule has 0 N–H and O–H groups in total. The van der Waals surface area contributed by atoms with E-state index in [1.54, 1.807) is 17.5 Å². The van der Waals surface area contributed by atoms with Crippen molar-refractivity contribution in [1.82, 2.24) is 15.0 Å². The van der Waals surface area contributed by atoms with Crippen LogP contribution in [0.4, 0.5) is 0 Å². The minimum atomic E-state index is 0.542. The zero-order valence-corrected chi connectivity index (χ0v) is 14.6. The van der Waals surface area contributed by atoms with Crippen molar-refractivity contribution in [2.45, 2.75) is 13.3 Å². The number of thiazole rings is 2. The minimum Gasteiger partial charge on any atom is -0.482 e. The first-order chi connectivity index (χ1) is 11.8. The summed E-state index contributed by atoms with van der Waals surface area (Å²) >= 11 is 3.11. The van der Waals surface area contributed by atoms with Gasteiger partial charge < -0.3 is 9.57 Å². The summed E-state index contributed by atoms with van der Waals surface area (Å²) < 4.78 is 5.72. The quantitative estimate of drug-likeness (QED) is 0.663. The van der Waals surface area contributed by atoms with Crippen molar-refractivity contribution >= 4 is 28.4 Å². The van der Waals surface area contributed by atoms with Gasteiger partial charge in [-0.3, -0.25) is 4.98 Å². The van der Waals surface area contributed by atoms with E-state index in [0.29, 0.717) is 19.6 Å². The highest BCUT2D eigenvalue weighted by atomic mass is 32.1. The van der Waals surface area contributed by atoms with Crippen LogP contribution in [-0.4, -0.2) is 33.9 Å². The predicted molar refractivity (Wildman–Crippen MR) is 94.7 cm³/mol. The molecule has 0 bridgehead atoms. The summed E-state index contributed by atoms with van der Waals surface area (Å²) in [6, 6.07) is 3.90. The van der Waals surface area contributed by atoms with E-state index >= 15 is 0 Å². The largest absolute Gasteiger partial charge is 0.482 e. The molecular weight excluding hydrogens is 344 g/mol. The third-order valence-electron chi connectivity index (χ3n) is 3.37. The second-order valence-electron chi connectivity index (χ2n) is 4.98. The van der Waals surface area contributed by atoms with E-state index in [4.69, 9.17) is 14.6 Å². The van der Waals surface area contributed by atoms with Crippen molar-refractivity contribution in [3.63, 3.8) is 0 Å². The van der Waals surface area contributed by atoms with Gasteiger partial charge in [-0.25, -0.2) is 9.97 Å². The molecule has 0 saturated carbocycles. The zero-order chi connectivity index (χ0) is 16.4. The van der Waals surface area contributed by atoms with Crippen LogP contribution in [0, 0.1) is 0 Å². The molecule has 4 heterocycles. The lowest BCUT2D eigenvalue weighted by molar-refractivity contribution is 0.157. The molecule has 8 heteroatoms.